The quantitative estimate of drug-likeness (QED) is 0.135. The maximum absolute atomic E-state index is 13.5. The number of carbonyl (C=O) groups excluding carboxylic acids is 5. The predicted octanol–water partition coefficient (Wildman–Crippen LogP) is 0.746. The molecule has 1 aromatic carbocycles. The average molecular weight is 689 g/mol. The van der Waals surface area contributed by atoms with Crippen molar-refractivity contribution >= 4 is 53.2 Å². The van der Waals surface area contributed by atoms with Gasteiger partial charge in [-0.3, -0.25) is 24.1 Å². The van der Waals surface area contributed by atoms with E-state index >= 15 is 0 Å². The van der Waals surface area contributed by atoms with Crippen molar-refractivity contribution in [3.8, 4) is 0 Å². The minimum Gasteiger partial charge on any atom is -0.465 e. The van der Waals surface area contributed by atoms with Crippen LogP contribution in [0, 0.1) is 0 Å². The maximum atomic E-state index is 13.5. The van der Waals surface area contributed by atoms with Crippen molar-refractivity contribution in [2.45, 2.75) is 63.8 Å². The van der Waals surface area contributed by atoms with Crippen molar-refractivity contribution in [2.75, 3.05) is 44.4 Å². The molecule has 2 atom stereocenters. The van der Waals surface area contributed by atoms with Gasteiger partial charge in [-0.2, -0.15) is 0 Å². The average Bonchev–Trinajstić information content (AvgIpc) is 3.50. The van der Waals surface area contributed by atoms with Gasteiger partial charge in [0.1, 0.15) is 30.3 Å². The van der Waals surface area contributed by atoms with E-state index in [0.717, 1.165) is 24.2 Å². The second kappa shape index (κ2) is 17.3. The van der Waals surface area contributed by atoms with Crippen molar-refractivity contribution in [1.29, 1.82) is 0 Å². The third-order valence-corrected chi connectivity index (χ3v) is 9.93. The number of aromatic nitrogens is 4. The molecular formula is C30H40N8O7S2. The van der Waals surface area contributed by atoms with Gasteiger partial charge in [0.25, 0.3) is 5.91 Å². The van der Waals surface area contributed by atoms with E-state index in [-0.39, 0.29) is 56.0 Å². The van der Waals surface area contributed by atoms with Crippen molar-refractivity contribution < 1.29 is 33.4 Å². The van der Waals surface area contributed by atoms with E-state index in [4.69, 9.17) is 9.47 Å². The van der Waals surface area contributed by atoms with Gasteiger partial charge in [0.2, 0.25) is 17.0 Å². The molecule has 1 fully saturated rings. The molecule has 0 aliphatic carbocycles. The van der Waals surface area contributed by atoms with Gasteiger partial charge >= 0.3 is 11.9 Å². The van der Waals surface area contributed by atoms with Crippen LogP contribution in [0.2, 0.25) is 0 Å². The first-order chi connectivity index (χ1) is 22.7. The van der Waals surface area contributed by atoms with Crippen LogP contribution in [-0.4, -0.2) is 115 Å². The normalized spacial score (nSPS) is 17.2. The molecule has 254 valence electrons. The first kappa shape index (κ1) is 35.9. The highest BCUT2D eigenvalue weighted by Gasteiger charge is 2.54. The first-order valence-electron chi connectivity index (χ1n) is 15.4. The van der Waals surface area contributed by atoms with Gasteiger partial charge in [-0.05, 0) is 47.1 Å². The molecule has 0 saturated carbocycles. The summed E-state index contributed by atoms with van der Waals surface area (Å²) in [6.45, 7) is 9.85. The van der Waals surface area contributed by atoms with E-state index in [0.29, 0.717) is 23.0 Å². The highest BCUT2D eigenvalue weighted by molar-refractivity contribution is 8.01. The van der Waals surface area contributed by atoms with Crippen molar-refractivity contribution in [2.24, 2.45) is 0 Å². The van der Waals surface area contributed by atoms with Crippen molar-refractivity contribution in [3.05, 3.63) is 46.7 Å². The standard InChI is InChI=1S/C30H40N8O7S2/c1-5-36(6-2)12-13-45-29(43)26-22(18-47-30-33-34-35-37(30)16-24(41)44-7-3)17-46-28-25(27(42)38(26)28)32-23(40)14-20-10-8-9-11-21(20)15-31-19(4)39/h8-11,25,28H,5-7,12-18H2,1-4H3,(H,31,39)(H,32,40)/t25-,28-/m1/s1. The number of carbonyl (C=O) groups is 5. The molecule has 4 rings (SSSR count). The predicted molar refractivity (Wildman–Crippen MR) is 174 cm³/mol. The number of nitrogens with zero attached hydrogens (tertiary/aromatic N) is 6. The summed E-state index contributed by atoms with van der Waals surface area (Å²) in [5.74, 6) is -1.38. The third kappa shape index (κ3) is 9.32. The Labute approximate surface area is 281 Å². The molecule has 47 heavy (non-hydrogen) atoms. The van der Waals surface area contributed by atoms with Crippen LogP contribution in [0.15, 0.2) is 40.7 Å². The van der Waals surface area contributed by atoms with Gasteiger partial charge in [-0.25, -0.2) is 9.48 Å². The fraction of sp³-hybridized carbons (Fsp3) is 0.533. The number of β-lactam (4-membered cyclic amide) rings is 1. The molecule has 0 bridgehead atoms. The lowest BCUT2D eigenvalue weighted by atomic mass is 10.0. The highest BCUT2D eigenvalue weighted by Crippen LogP contribution is 2.42. The topological polar surface area (TPSA) is 178 Å². The number of fused-ring (bicyclic) bond motifs is 1. The fourth-order valence-electron chi connectivity index (χ4n) is 5.06. The van der Waals surface area contributed by atoms with Crippen molar-refractivity contribution in [1.82, 2.24) is 40.6 Å². The van der Waals surface area contributed by atoms with Crippen LogP contribution in [0.5, 0.6) is 0 Å². The molecule has 0 radical (unpaired) electrons. The van der Waals surface area contributed by atoms with E-state index < -0.39 is 29.3 Å². The first-order valence-corrected chi connectivity index (χ1v) is 17.4. The van der Waals surface area contributed by atoms with Gasteiger partial charge in [-0.15, -0.1) is 16.9 Å². The number of thioether (sulfide) groups is 2. The van der Waals surface area contributed by atoms with E-state index in [1.54, 1.807) is 6.92 Å². The Morgan fingerprint density at radius 3 is 2.55 bits per heavy atom. The molecule has 15 nitrogen and oxygen atoms in total. The van der Waals surface area contributed by atoms with Crippen molar-refractivity contribution in [3.63, 3.8) is 0 Å². The Hall–Kier alpha value is -3.96. The Kier molecular flexibility index (Phi) is 13.2. The zero-order chi connectivity index (χ0) is 33.9. The van der Waals surface area contributed by atoms with Crippen LogP contribution < -0.4 is 10.6 Å². The molecule has 0 spiro atoms. The highest BCUT2D eigenvalue weighted by atomic mass is 32.2. The molecule has 17 heteroatoms. The molecular weight excluding hydrogens is 649 g/mol. The number of rotatable bonds is 17. The van der Waals surface area contributed by atoms with Crippen LogP contribution >= 0.6 is 23.5 Å². The summed E-state index contributed by atoms with van der Waals surface area (Å²) in [7, 11) is 0. The monoisotopic (exact) mass is 688 g/mol. The minimum absolute atomic E-state index is 0.0232. The number of tetrazole rings is 1. The van der Waals surface area contributed by atoms with Crippen LogP contribution in [0.3, 0.4) is 0 Å². The Balaban J connectivity index is 1.47. The second-order valence-electron chi connectivity index (χ2n) is 10.6. The number of esters is 2. The summed E-state index contributed by atoms with van der Waals surface area (Å²) < 4.78 is 12.0. The van der Waals surface area contributed by atoms with E-state index in [2.05, 4.69) is 31.1 Å². The lowest BCUT2D eigenvalue weighted by Gasteiger charge is -2.49. The molecule has 2 aliphatic heterocycles. The Bertz CT molecular complexity index is 1500. The number of nitrogens with one attached hydrogen (secondary N) is 2. The second-order valence-corrected chi connectivity index (χ2v) is 12.7. The molecule has 3 heterocycles. The summed E-state index contributed by atoms with van der Waals surface area (Å²) in [5, 5.41) is 17.0. The molecule has 3 amide bonds. The summed E-state index contributed by atoms with van der Waals surface area (Å²) in [4.78, 5) is 67.1. The molecule has 2 N–H and O–H groups in total. The maximum Gasteiger partial charge on any atom is 0.355 e. The summed E-state index contributed by atoms with van der Waals surface area (Å²) in [6, 6.07) is 6.47. The van der Waals surface area contributed by atoms with Gasteiger partial charge in [-0.1, -0.05) is 49.9 Å². The number of likely N-dealkylation sites (N-methyl/N-ethyl adjacent to an activating group) is 1. The van der Waals surface area contributed by atoms with Crippen LogP contribution in [0.1, 0.15) is 38.8 Å². The molecule has 1 aromatic heterocycles. The number of amides is 3. The Morgan fingerprint density at radius 1 is 1.11 bits per heavy atom. The van der Waals surface area contributed by atoms with Gasteiger partial charge in [0.05, 0.1) is 13.0 Å². The summed E-state index contributed by atoms with van der Waals surface area (Å²) in [5.41, 5.74) is 2.35. The lowest BCUT2D eigenvalue weighted by molar-refractivity contribution is -0.153. The van der Waals surface area contributed by atoms with Gasteiger partial charge in [0.15, 0.2) is 0 Å². The SMILES string of the molecule is CCOC(=O)Cn1nnnc1SCC1=C(C(=O)OCCN(CC)CC)N2C(=O)[C@@H](NC(=O)Cc3ccccc3CNC(C)=O)[C@H]2SC1. The number of hydrogen-bond donors (Lipinski definition) is 2. The number of hydrogen-bond acceptors (Lipinski definition) is 13. The van der Waals surface area contributed by atoms with Crippen LogP contribution in [-0.2, 0) is 53.0 Å². The molecule has 2 aromatic rings. The summed E-state index contributed by atoms with van der Waals surface area (Å²) >= 11 is 2.66. The molecule has 2 aliphatic rings. The summed E-state index contributed by atoms with van der Waals surface area (Å²) in [6.07, 6.45) is 0.0232. The fourth-order valence-corrected chi connectivity index (χ4v) is 7.42. The number of benzene rings is 1. The lowest BCUT2D eigenvalue weighted by Crippen LogP contribution is -2.70. The van der Waals surface area contributed by atoms with E-state index in [1.165, 1.54) is 40.0 Å². The largest absolute Gasteiger partial charge is 0.465 e. The van der Waals surface area contributed by atoms with E-state index in [1.807, 2.05) is 38.1 Å². The molecule has 0 unspecified atom stereocenters. The van der Waals surface area contributed by atoms with Crippen LogP contribution in [0.4, 0.5) is 0 Å². The third-order valence-electron chi connectivity index (χ3n) is 7.55. The van der Waals surface area contributed by atoms with Crippen LogP contribution in [0.25, 0.3) is 0 Å². The van der Waals surface area contributed by atoms with Gasteiger partial charge < -0.3 is 25.0 Å². The zero-order valence-electron chi connectivity index (χ0n) is 26.9. The smallest absolute Gasteiger partial charge is 0.355 e. The Morgan fingerprint density at radius 2 is 1.85 bits per heavy atom. The molecule has 1 saturated heterocycles. The number of ether oxygens (including phenoxy) is 2. The van der Waals surface area contributed by atoms with E-state index in [9.17, 15) is 24.0 Å². The minimum atomic E-state index is -0.820. The van der Waals surface area contributed by atoms with Gasteiger partial charge in [0, 0.05) is 31.5 Å². The zero-order valence-corrected chi connectivity index (χ0v) is 28.5.